The number of benzene rings is 1. The molecule has 2 amide bonds. The smallest absolute Gasteiger partial charge is 0.312 e. The molecule has 3 rings (SSSR count). The molecule has 0 bridgehead atoms. The lowest BCUT2D eigenvalue weighted by Crippen LogP contribution is -2.31. The quantitative estimate of drug-likeness (QED) is 0.660. The summed E-state index contributed by atoms with van der Waals surface area (Å²) in [5.41, 5.74) is 1.15. The van der Waals surface area contributed by atoms with Gasteiger partial charge in [-0.3, -0.25) is 19.3 Å². The fraction of sp³-hybridized carbons (Fsp3) is 0.368. The molecule has 1 aromatic heterocycles. The lowest BCUT2D eigenvalue weighted by Gasteiger charge is -2.17. The highest BCUT2D eigenvalue weighted by atomic mass is 32.1. The van der Waals surface area contributed by atoms with Crippen LogP contribution in [0.15, 0.2) is 29.6 Å². The summed E-state index contributed by atoms with van der Waals surface area (Å²) in [5.74, 6) is -1.30. The van der Waals surface area contributed by atoms with E-state index in [4.69, 9.17) is 4.74 Å². The van der Waals surface area contributed by atoms with Crippen molar-refractivity contribution < 1.29 is 23.5 Å². The molecule has 0 saturated carbocycles. The Bertz CT molecular complexity index is 886. The van der Waals surface area contributed by atoms with E-state index in [2.05, 4.69) is 4.98 Å². The summed E-state index contributed by atoms with van der Waals surface area (Å²) in [6.45, 7) is 0.460. The number of hydrogen-bond acceptors (Lipinski definition) is 6. The maximum absolute atomic E-state index is 13.2. The van der Waals surface area contributed by atoms with Gasteiger partial charge in [0, 0.05) is 31.9 Å². The van der Waals surface area contributed by atoms with Crippen molar-refractivity contribution in [3.05, 3.63) is 46.7 Å². The normalized spacial score (nSPS) is 13.6. The van der Waals surface area contributed by atoms with Gasteiger partial charge in [0.2, 0.25) is 5.91 Å². The number of aromatic nitrogens is 1. The number of anilines is 1. The zero-order valence-electron chi connectivity index (χ0n) is 15.4. The van der Waals surface area contributed by atoms with Crippen molar-refractivity contribution in [3.8, 4) is 0 Å². The van der Waals surface area contributed by atoms with Crippen LogP contribution in [0.5, 0.6) is 0 Å². The number of halogens is 1. The van der Waals surface area contributed by atoms with Crippen LogP contribution in [0.4, 0.5) is 9.52 Å². The Balaban J connectivity index is 1.45. The number of thiazole rings is 1. The summed E-state index contributed by atoms with van der Waals surface area (Å²) < 4.78 is 18.2. The third-order valence-corrected chi connectivity index (χ3v) is 5.17. The van der Waals surface area contributed by atoms with Gasteiger partial charge in [0.15, 0.2) is 11.7 Å². The highest BCUT2D eigenvalue weighted by Crippen LogP contribution is 2.25. The van der Waals surface area contributed by atoms with E-state index in [9.17, 15) is 18.8 Å². The highest BCUT2D eigenvalue weighted by Gasteiger charge is 2.24. The molecule has 0 unspecified atom stereocenters. The fourth-order valence-electron chi connectivity index (χ4n) is 2.80. The van der Waals surface area contributed by atoms with Gasteiger partial charge in [-0.2, -0.15) is 0 Å². The Morgan fingerprint density at radius 3 is 2.93 bits per heavy atom. The van der Waals surface area contributed by atoms with Gasteiger partial charge in [-0.15, -0.1) is 11.3 Å². The van der Waals surface area contributed by atoms with Crippen molar-refractivity contribution in [2.75, 3.05) is 25.1 Å². The highest BCUT2D eigenvalue weighted by molar-refractivity contribution is 7.14. The number of ether oxygens (including phenoxy) is 1. The molecule has 0 N–H and O–H groups in total. The Morgan fingerprint density at radius 2 is 2.21 bits per heavy atom. The molecule has 2 aromatic rings. The van der Waals surface area contributed by atoms with Crippen LogP contribution < -0.4 is 4.90 Å². The maximum atomic E-state index is 13.2. The topological polar surface area (TPSA) is 79.8 Å². The first-order valence-electron chi connectivity index (χ1n) is 8.81. The van der Waals surface area contributed by atoms with Gasteiger partial charge < -0.3 is 9.64 Å². The van der Waals surface area contributed by atoms with E-state index in [1.807, 2.05) is 0 Å². The molecule has 1 fully saturated rings. The largest absolute Gasteiger partial charge is 0.455 e. The van der Waals surface area contributed by atoms with Crippen molar-refractivity contribution in [2.45, 2.75) is 25.8 Å². The molecule has 0 radical (unpaired) electrons. The van der Waals surface area contributed by atoms with Crippen LogP contribution in [-0.2, 0) is 32.1 Å². The maximum Gasteiger partial charge on any atom is 0.312 e. The van der Waals surface area contributed by atoms with Crippen LogP contribution in [0.1, 0.15) is 24.1 Å². The molecule has 9 heteroatoms. The summed E-state index contributed by atoms with van der Waals surface area (Å²) in [6, 6.07) is 5.96. The second-order valence-electron chi connectivity index (χ2n) is 6.49. The van der Waals surface area contributed by atoms with E-state index in [1.54, 1.807) is 29.5 Å². The van der Waals surface area contributed by atoms with Gasteiger partial charge in [0.1, 0.15) is 5.82 Å². The van der Waals surface area contributed by atoms with E-state index in [1.165, 1.54) is 28.4 Å². The number of carbonyl (C=O) groups excluding carboxylic acids is 3. The molecule has 28 heavy (non-hydrogen) atoms. The van der Waals surface area contributed by atoms with Gasteiger partial charge in [0.25, 0.3) is 5.91 Å². The minimum absolute atomic E-state index is 0.0374. The predicted octanol–water partition coefficient (Wildman–Crippen LogP) is 2.15. The zero-order chi connectivity index (χ0) is 20.1. The first-order valence-corrected chi connectivity index (χ1v) is 9.69. The van der Waals surface area contributed by atoms with Gasteiger partial charge in [-0.1, -0.05) is 12.1 Å². The lowest BCUT2D eigenvalue weighted by atomic mass is 10.2. The number of hydrogen-bond donors (Lipinski definition) is 0. The lowest BCUT2D eigenvalue weighted by molar-refractivity contribution is -0.151. The SMILES string of the molecule is CN(Cc1cccc(F)c1)C(=O)COC(=O)Cc1csc(N2CCCC2=O)n1. The van der Waals surface area contributed by atoms with Crippen LogP contribution in [0.25, 0.3) is 0 Å². The average molecular weight is 405 g/mol. The molecule has 1 aliphatic heterocycles. The summed E-state index contributed by atoms with van der Waals surface area (Å²) >= 11 is 1.30. The van der Waals surface area contributed by atoms with Crippen LogP contribution in [0.2, 0.25) is 0 Å². The Kier molecular flexibility index (Phi) is 6.35. The summed E-state index contributed by atoms with van der Waals surface area (Å²) in [7, 11) is 1.56. The van der Waals surface area contributed by atoms with Gasteiger partial charge >= 0.3 is 5.97 Å². The predicted molar refractivity (Wildman–Crippen MR) is 101 cm³/mol. The number of carbonyl (C=O) groups is 3. The molecule has 1 saturated heterocycles. The number of amides is 2. The van der Waals surface area contributed by atoms with Gasteiger partial charge in [0.05, 0.1) is 12.1 Å². The van der Waals surface area contributed by atoms with Crippen molar-refractivity contribution >= 4 is 34.3 Å². The molecule has 1 aliphatic rings. The van der Waals surface area contributed by atoms with Crippen molar-refractivity contribution in [2.24, 2.45) is 0 Å². The molecule has 7 nitrogen and oxygen atoms in total. The standard InChI is InChI=1S/C19H20FN3O4S/c1-22(10-13-4-2-5-14(20)8-13)17(25)11-27-18(26)9-15-12-28-19(21-15)23-7-3-6-16(23)24/h2,4-5,8,12H,3,6-7,9-11H2,1H3. The van der Waals surface area contributed by atoms with E-state index in [-0.39, 0.29) is 30.6 Å². The molecule has 0 aliphatic carbocycles. The second kappa shape index (κ2) is 8.92. The monoisotopic (exact) mass is 405 g/mol. The number of likely N-dealkylation sites (N-methyl/N-ethyl adjacent to an activating group) is 1. The molecular formula is C19H20FN3O4S. The Hall–Kier alpha value is -2.81. The summed E-state index contributed by atoms with van der Waals surface area (Å²) in [6.07, 6.45) is 1.25. The van der Waals surface area contributed by atoms with E-state index >= 15 is 0 Å². The number of esters is 1. The fourth-order valence-corrected chi connectivity index (χ4v) is 3.67. The molecule has 2 heterocycles. The van der Waals surface area contributed by atoms with Gasteiger partial charge in [-0.05, 0) is 24.1 Å². The molecule has 0 spiro atoms. The van der Waals surface area contributed by atoms with Gasteiger partial charge in [-0.25, -0.2) is 9.37 Å². The summed E-state index contributed by atoms with van der Waals surface area (Å²) in [5, 5.41) is 2.29. The minimum atomic E-state index is -0.572. The van der Waals surface area contributed by atoms with Crippen molar-refractivity contribution in [1.29, 1.82) is 0 Å². The zero-order valence-corrected chi connectivity index (χ0v) is 16.2. The molecular weight excluding hydrogens is 385 g/mol. The van der Waals surface area contributed by atoms with Crippen LogP contribution >= 0.6 is 11.3 Å². The van der Waals surface area contributed by atoms with Crippen LogP contribution in [-0.4, -0.2) is 47.9 Å². The van der Waals surface area contributed by atoms with E-state index in [0.717, 1.165) is 6.42 Å². The average Bonchev–Trinajstić information content (AvgIpc) is 3.28. The molecule has 148 valence electrons. The minimum Gasteiger partial charge on any atom is -0.455 e. The second-order valence-corrected chi connectivity index (χ2v) is 7.32. The Labute approximate surface area is 165 Å². The number of rotatable bonds is 7. The Morgan fingerprint density at radius 1 is 1.39 bits per heavy atom. The molecule has 1 aromatic carbocycles. The van der Waals surface area contributed by atoms with Crippen molar-refractivity contribution in [3.63, 3.8) is 0 Å². The third-order valence-electron chi connectivity index (χ3n) is 4.26. The molecule has 0 atom stereocenters. The van der Waals surface area contributed by atoms with Crippen LogP contribution in [0, 0.1) is 5.82 Å². The van der Waals surface area contributed by atoms with Crippen molar-refractivity contribution in [1.82, 2.24) is 9.88 Å². The third kappa shape index (κ3) is 5.13. The first-order chi connectivity index (χ1) is 13.4. The van der Waals surface area contributed by atoms with Crippen LogP contribution in [0.3, 0.4) is 0 Å². The number of nitrogens with zero attached hydrogens (tertiary/aromatic N) is 3. The van der Waals surface area contributed by atoms with E-state index in [0.29, 0.717) is 29.4 Å². The van der Waals surface area contributed by atoms with E-state index < -0.39 is 12.6 Å². The summed E-state index contributed by atoms with van der Waals surface area (Å²) in [4.78, 5) is 43.1. The first kappa shape index (κ1) is 19.9.